The SMILES string of the molecule is C/C=C\c1ccc2n(c1=O)C[C@@H]1[C@@H](CO)[C@H](C(=O)Nc3nccs3)N(C(=O)CC)[C@H]21. The molecule has 0 aromatic carbocycles. The molecule has 0 saturated carbocycles. The number of carbonyl (C=O) groups excluding carboxylic acids is 2. The summed E-state index contributed by atoms with van der Waals surface area (Å²) < 4.78 is 1.68. The number of likely N-dealkylation sites (tertiary alicyclic amines) is 1. The van der Waals surface area contributed by atoms with E-state index in [0.717, 1.165) is 0 Å². The summed E-state index contributed by atoms with van der Waals surface area (Å²) in [5.74, 6) is -1.24. The second-order valence-corrected chi connectivity index (χ2v) is 8.40. The molecule has 2 aliphatic heterocycles. The zero-order chi connectivity index (χ0) is 21.4. The number of aliphatic hydroxyl groups is 1. The summed E-state index contributed by atoms with van der Waals surface area (Å²) in [4.78, 5) is 44.7. The summed E-state index contributed by atoms with van der Waals surface area (Å²) in [6.45, 7) is 3.71. The quantitative estimate of drug-likeness (QED) is 0.757. The van der Waals surface area contributed by atoms with Crippen molar-refractivity contribution in [1.29, 1.82) is 0 Å². The number of allylic oxidation sites excluding steroid dienone is 1. The highest BCUT2D eigenvalue weighted by Gasteiger charge is 2.57. The van der Waals surface area contributed by atoms with Crippen molar-refractivity contribution in [2.75, 3.05) is 11.9 Å². The molecule has 0 unspecified atom stereocenters. The Labute approximate surface area is 177 Å². The molecule has 0 spiro atoms. The van der Waals surface area contributed by atoms with Crippen LogP contribution in [0.1, 0.15) is 37.6 Å². The van der Waals surface area contributed by atoms with E-state index in [1.807, 2.05) is 19.1 Å². The van der Waals surface area contributed by atoms with Crippen LogP contribution in [0.2, 0.25) is 0 Å². The monoisotopic (exact) mass is 428 g/mol. The Bertz CT molecular complexity index is 1050. The molecule has 8 nitrogen and oxygen atoms in total. The lowest BCUT2D eigenvalue weighted by molar-refractivity contribution is -0.139. The highest BCUT2D eigenvalue weighted by atomic mass is 32.1. The topological polar surface area (TPSA) is 105 Å². The van der Waals surface area contributed by atoms with Crippen LogP contribution >= 0.6 is 11.3 Å². The van der Waals surface area contributed by atoms with Gasteiger partial charge in [-0.05, 0) is 19.1 Å². The van der Waals surface area contributed by atoms with E-state index in [1.54, 1.807) is 40.1 Å². The van der Waals surface area contributed by atoms with Crippen LogP contribution in [0.4, 0.5) is 5.13 Å². The average molecular weight is 429 g/mol. The number of hydrogen-bond acceptors (Lipinski definition) is 6. The van der Waals surface area contributed by atoms with Gasteiger partial charge in [-0.3, -0.25) is 14.4 Å². The molecule has 1 saturated heterocycles. The van der Waals surface area contributed by atoms with Crippen LogP contribution in [0.25, 0.3) is 6.08 Å². The first-order chi connectivity index (χ1) is 14.5. The number of rotatable bonds is 5. The molecule has 4 heterocycles. The van der Waals surface area contributed by atoms with E-state index in [9.17, 15) is 19.5 Å². The first-order valence-electron chi connectivity index (χ1n) is 10.0. The van der Waals surface area contributed by atoms with Crippen molar-refractivity contribution in [3.05, 3.63) is 51.4 Å². The standard InChI is InChI=1S/C21H24N4O4S/c1-3-5-12-6-7-15-17-13(10-24(15)20(12)29)14(11-26)18(25(17)16(27)4-2)19(28)23-21-22-8-9-30-21/h3,5-9,13-14,17-18,26H,4,10-11H2,1-2H3,(H,22,23,28)/b5-3-/t13-,14-,17+,18-/m1/s1. The molecule has 30 heavy (non-hydrogen) atoms. The summed E-state index contributed by atoms with van der Waals surface area (Å²) in [6.07, 6.45) is 5.38. The van der Waals surface area contributed by atoms with Gasteiger partial charge in [0, 0.05) is 54.2 Å². The third-order valence-corrected chi connectivity index (χ3v) is 6.66. The van der Waals surface area contributed by atoms with Gasteiger partial charge in [0.1, 0.15) is 6.04 Å². The minimum Gasteiger partial charge on any atom is -0.396 e. The molecule has 2 amide bonds. The van der Waals surface area contributed by atoms with Crippen molar-refractivity contribution in [2.45, 2.75) is 38.9 Å². The minimum atomic E-state index is -0.819. The molecule has 2 aromatic rings. The van der Waals surface area contributed by atoms with E-state index >= 15 is 0 Å². The fourth-order valence-electron chi connectivity index (χ4n) is 4.74. The molecule has 9 heteroatoms. The Kier molecular flexibility index (Phi) is 5.57. The van der Waals surface area contributed by atoms with Crippen LogP contribution in [0, 0.1) is 11.8 Å². The van der Waals surface area contributed by atoms with E-state index in [4.69, 9.17) is 0 Å². The Hall–Kier alpha value is -2.78. The molecule has 0 bridgehead atoms. The van der Waals surface area contributed by atoms with Gasteiger partial charge in [0.05, 0.1) is 6.04 Å². The van der Waals surface area contributed by atoms with Gasteiger partial charge in [0.25, 0.3) is 5.56 Å². The molecular weight excluding hydrogens is 404 g/mol. The smallest absolute Gasteiger partial charge is 0.258 e. The third-order valence-electron chi connectivity index (χ3n) is 5.97. The summed E-state index contributed by atoms with van der Waals surface area (Å²) in [5, 5.41) is 15.2. The van der Waals surface area contributed by atoms with Gasteiger partial charge in [0.2, 0.25) is 11.8 Å². The van der Waals surface area contributed by atoms with Crippen LogP contribution in [0.15, 0.2) is 34.6 Å². The molecule has 4 atom stereocenters. The van der Waals surface area contributed by atoms with Gasteiger partial charge >= 0.3 is 0 Å². The Morgan fingerprint density at radius 3 is 2.83 bits per heavy atom. The number of amides is 2. The second kappa shape index (κ2) is 8.16. The summed E-state index contributed by atoms with van der Waals surface area (Å²) >= 11 is 1.29. The molecule has 2 N–H and O–H groups in total. The van der Waals surface area contributed by atoms with Crippen molar-refractivity contribution in [3.8, 4) is 0 Å². The molecule has 0 radical (unpaired) electrons. The lowest BCUT2D eigenvalue weighted by atomic mass is 9.88. The summed E-state index contributed by atoms with van der Waals surface area (Å²) in [6, 6.07) is 2.36. The lowest BCUT2D eigenvalue weighted by Gasteiger charge is -2.30. The van der Waals surface area contributed by atoms with E-state index in [0.29, 0.717) is 22.9 Å². The number of thiazole rings is 1. The van der Waals surface area contributed by atoms with Crippen molar-refractivity contribution >= 4 is 34.4 Å². The van der Waals surface area contributed by atoms with E-state index < -0.39 is 18.0 Å². The maximum Gasteiger partial charge on any atom is 0.258 e. The van der Waals surface area contributed by atoms with Gasteiger partial charge in [0.15, 0.2) is 5.13 Å². The average Bonchev–Trinajstić information content (AvgIpc) is 3.44. The van der Waals surface area contributed by atoms with Crippen molar-refractivity contribution in [2.24, 2.45) is 11.8 Å². The second-order valence-electron chi connectivity index (χ2n) is 7.51. The first kappa shape index (κ1) is 20.5. The van der Waals surface area contributed by atoms with Crippen LogP contribution < -0.4 is 10.9 Å². The highest BCUT2D eigenvalue weighted by molar-refractivity contribution is 7.13. The van der Waals surface area contributed by atoms with Gasteiger partial charge in [-0.15, -0.1) is 11.3 Å². The summed E-state index contributed by atoms with van der Waals surface area (Å²) in [5.41, 5.74) is 1.17. The number of nitrogens with one attached hydrogen (secondary N) is 1. The highest BCUT2D eigenvalue weighted by Crippen LogP contribution is 2.49. The zero-order valence-electron chi connectivity index (χ0n) is 16.8. The van der Waals surface area contributed by atoms with Crippen molar-refractivity contribution in [3.63, 3.8) is 0 Å². The molecule has 0 aliphatic carbocycles. The number of nitrogens with zero attached hydrogens (tertiary/aromatic N) is 3. The van der Waals surface area contributed by atoms with Gasteiger partial charge in [-0.25, -0.2) is 4.98 Å². The van der Waals surface area contributed by atoms with Crippen molar-refractivity contribution < 1.29 is 14.7 Å². The third kappa shape index (κ3) is 3.18. The first-order valence-corrected chi connectivity index (χ1v) is 10.9. The van der Waals surface area contributed by atoms with Crippen LogP contribution in [-0.4, -0.2) is 44.0 Å². The van der Waals surface area contributed by atoms with Crippen LogP contribution in [0.3, 0.4) is 0 Å². The van der Waals surface area contributed by atoms with Gasteiger partial charge in [-0.1, -0.05) is 19.1 Å². The Morgan fingerprint density at radius 1 is 1.40 bits per heavy atom. The Morgan fingerprint density at radius 2 is 2.20 bits per heavy atom. The van der Waals surface area contributed by atoms with E-state index in [1.165, 1.54) is 11.3 Å². The maximum absolute atomic E-state index is 13.1. The fraction of sp³-hybridized carbons (Fsp3) is 0.429. The molecule has 2 aromatic heterocycles. The van der Waals surface area contributed by atoms with Crippen LogP contribution in [-0.2, 0) is 16.1 Å². The Balaban J connectivity index is 1.77. The van der Waals surface area contributed by atoms with Crippen molar-refractivity contribution in [1.82, 2.24) is 14.5 Å². The summed E-state index contributed by atoms with van der Waals surface area (Å²) in [7, 11) is 0. The normalized spacial score (nSPS) is 24.8. The number of hydrogen-bond donors (Lipinski definition) is 2. The lowest BCUT2D eigenvalue weighted by Crippen LogP contribution is -2.48. The van der Waals surface area contributed by atoms with E-state index in [-0.39, 0.29) is 36.3 Å². The number of anilines is 1. The molecular formula is C21H24N4O4S. The number of pyridine rings is 1. The zero-order valence-corrected chi connectivity index (χ0v) is 17.6. The fourth-order valence-corrected chi connectivity index (χ4v) is 5.27. The largest absolute Gasteiger partial charge is 0.396 e. The van der Waals surface area contributed by atoms with Crippen LogP contribution in [0.5, 0.6) is 0 Å². The number of aromatic nitrogens is 2. The molecule has 4 rings (SSSR count). The maximum atomic E-state index is 13.1. The number of carbonyl (C=O) groups is 2. The van der Waals surface area contributed by atoms with E-state index in [2.05, 4.69) is 10.3 Å². The van der Waals surface area contributed by atoms with Gasteiger partial charge in [-0.2, -0.15) is 0 Å². The minimum absolute atomic E-state index is 0.121. The molecule has 1 fully saturated rings. The predicted molar refractivity (Wildman–Crippen MR) is 114 cm³/mol. The number of fused-ring (bicyclic) bond motifs is 3. The predicted octanol–water partition coefficient (Wildman–Crippen LogP) is 1.88. The number of aliphatic hydroxyl groups excluding tert-OH is 1. The molecule has 158 valence electrons. The molecule has 2 aliphatic rings. The van der Waals surface area contributed by atoms with Gasteiger partial charge < -0.3 is 19.9 Å².